The van der Waals surface area contributed by atoms with Crippen LogP contribution in [-0.4, -0.2) is 54.8 Å². The molecule has 0 saturated heterocycles. The Kier molecular flexibility index (Phi) is 10.6. The van der Waals surface area contributed by atoms with Crippen molar-refractivity contribution in [2.75, 3.05) is 43.9 Å². The molecule has 0 aliphatic rings. The number of likely N-dealkylation sites (N-methyl/N-ethyl adjacent to an activating group) is 1. The minimum Gasteiger partial charge on any atom is -0.497 e. The molecule has 32 heavy (non-hydrogen) atoms. The van der Waals surface area contributed by atoms with E-state index >= 15 is 0 Å². The van der Waals surface area contributed by atoms with Gasteiger partial charge in [0.25, 0.3) is 0 Å². The number of fused-ring (bicyclic) bond motifs is 1. The average Bonchev–Trinajstić information content (AvgIpc) is 3.19. The number of hydrogen-bond acceptors (Lipinski definition) is 6. The first kappa shape index (κ1) is 26.7. The fourth-order valence-electron chi connectivity index (χ4n) is 3.26. The van der Waals surface area contributed by atoms with Gasteiger partial charge >= 0.3 is 0 Å². The van der Waals surface area contributed by atoms with E-state index in [0.717, 1.165) is 51.2 Å². The number of nitrogens with zero attached hydrogens (tertiary/aromatic N) is 3. The highest BCUT2D eigenvalue weighted by molar-refractivity contribution is 8.00. The topological polar surface area (TPSA) is 45.7 Å². The summed E-state index contributed by atoms with van der Waals surface area (Å²) in [5.74, 6) is 1.20. The molecule has 2 aromatic carbocycles. The molecule has 0 saturated carbocycles. The van der Waals surface area contributed by atoms with Crippen molar-refractivity contribution in [3.63, 3.8) is 0 Å². The van der Waals surface area contributed by atoms with Gasteiger partial charge in [-0.3, -0.25) is 9.69 Å². The molecule has 0 unspecified atom stereocenters. The number of halogens is 2. The molecule has 1 amide bonds. The number of thioether (sulfide) groups is 1. The summed E-state index contributed by atoms with van der Waals surface area (Å²) in [6, 6.07) is 11.6. The zero-order valence-corrected chi connectivity index (χ0v) is 22.0. The van der Waals surface area contributed by atoms with Crippen molar-refractivity contribution in [1.82, 2.24) is 9.88 Å². The highest BCUT2D eigenvalue weighted by atomic mass is 35.5. The lowest BCUT2D eigenvalue weighted by Crippen LogP contribution is -2.39. The molecular formula is C23H29Cl2N3O2S2. The van der Waals surface area contributed by atoms with Gasteiger partial charge in [-0.15, -0.1) is 24.2 Å². The maximum absolute atomic E-state index is 13.3. The second kappa shape index (κ2) is 12.7. The molecule has 0 aliphatic heterocycles. The SMILES string of the molecule is CCN(CC)CCN(C(=O)CSc1ccc(OC)cc1)c1nc2c(C)cc(Cl)cc2s1.Cl. The summed E-state index contributed by atoms with van der Waals surface area (Å²) < 4.78 is 6.21. The van der Waals surface area contributed by atoms with Gasteiger partial charge < -0.3 is 9.64 Å². The average molecular weight is 515 g/mol. The standard InChI is InChI=1S/C23H28ClN3O2S2.ClH/c1-5-26(6-2)11-12-27(21(28)15-30-19-9-7-18(29-4)8-10-19)23-25-22-16(3)13-17(24)14-20(22)31-23;/h7-10,13-14H,5-6,11-12,15H2,1-4H3;1H. The van der Waals surface area contributed by atoms with Gasteiger partial charge in [-0.1, -0.05) is 36.8 Å². The van der Waals surface area contributed by atoms with Gasteiger partial charge in [-0.2, -0.15) is 0 Å². The minimum absolute atomic E-state index is 0. The molecule has 0 N–H and O–H groups in total. The maximum atomic E-state index is 13.3. The van der Waals surface area contributed by atoms with Crippen LogP contribution >= 0.6 is 47.1 Å². The van der Waals surface area contributed by atoms with Crippen LogP contribution in [0.25, 0.3) is 10.2 Å². The molecule has 0 aliphatic carbocycles. The first-order chi connectivity index (χ1) is 14.9. The third kappa shape index (κ3) is 6.75. The monoisotopic (exact) mass is 513 g/mol. The smallest absolute Gasteiger partial charge is 0.239 e. The van der Waals surface area contributed by atoms with Crippen LogP contribution in [-0.2, 0) is 4.79 Å². The normalized spacial score (nSPS) is 10.9. The number of thiazole rings is 1. The summed E-state index contributed by atoms with van der Waals surface area (Å²) in [4.78, 5) is 23.2. The van der Waals surface area contributed by atoms with E-state index in [1.54, 1.807) is 7.11 Å². The summed E-state index contributed by atoms with van der Waals surface area (Å²) in [5.41, 5.74) is 1.93. The molecule has 5 nitrogen and oxygen atoms in total. The number of aromatic nitrogens is 1. The summed E-state index contributed by atoms with van der Waals surface area (Å²) in [6.45, 7) is 9.59. The van der Waals surface area contributed by atoms with Gasteiger partial charge in [-0.25, -0.2) is 4.98 Å². The van der Waals surface area contributed by atoms with Crippen LogP contribution in [0.3, 0.4) is 0 Å². The molecule has 174 valence electrons. The number of anilines is 1. The Morgan fingerprint density at radius 1 is 1.16 bits per heavy atom. The van der Waals surface area contributed by atoms with Crippen LogP contribution < -0.4 is 9.64 Å². The molecule has 0 spiro atoms. The Balaban J connectivity index is 0.00000363. The Morgan fingerprint density at radius 2 is 1.84 bits per heavy atom. The van der Waals surface area contributed by atoms with Gasteiger partial charge in [0.1, 0.15) is 5.75 Å². The molecule has 0 fully saturated rings. The number of aryl methyl sites for hydroxylation is 1. The molecule has 1 heterocycles. The van der Waals surface area contributed by atoms with Crippen molar-refractivity contribution in [2.24, 2.45) is 0 Å². The Labute approximate surface area is 209 Å². The van der Waals surface area contributed by atoms with Crippen LogP contribution in [0.5, 0.6) is 5.75 Å². The van der Waals surface area contributed by atoms with Gasteiger partial charge in [0, 0.05) is 23.0 Å². The van der Waals surface area contributed by atoms with E-state index < -0.39 is 0 Å². The molecule has 1 aromatic heterocycles. The number of methoxy groups -OCH3 is 1. The van der Waals surface area contributed by atoms with Gasteiger partial charge in [0.15, 0.2) is 5.13 Å². The predicted octanol–water partition coefficient (Wildman–Crippen LogP) is 6.16. The van der Waals surface area contributed by atoms with Crippen molar-refractivity contribution in [3.8, 4) is 5.75 Å². The van der Waals surface area contributed by atoms with E-state index in [9.17, 15) is 4.79 Å². The Bertz CT molecular complexity index is 1020. The first-order valence-corrected chi connectivity index (χ1v) is 12.5. The van der Waals surface area contributed by atoms with Crippen LogP contribution in [0.1, 0.15) is 19.4 Å². The third-order valence-electron chi connectivity index (χ3n) is 5.13. The minimum atomic E-state index is 0. The Hall–Kier alpha value is -1.51. The highest BCUT2D eigenvalue weighted by Gasteiger charge is 2.21. The van der Waals surface area contributed by atoms with Crippen LogP contribution in [0.2, 0.25) is 5.02 Å². The van der Waals surface area contributed by atoms with Crippen LogP contribution in [0.4, 0.5) is 5.13 Å². The van der Waals surface area contributed by atoms with Gasteiger partial charge in [0.05, 0.1) is 23.1 Å². The van der Waals surface area contributed by atoms with Crippen LogP contribution in [0.15, 0.2) is 41.3 Å². The van der Waals surface area contributed by atoms with Crippen molar-refractivity contribution < 1.29 is 9.53 Å². The predicted molar refractivity (Wildman–Crippen MR) is 140 cm³/mol. The third-order valence-corrected chi connectivity index (χ3v) is 7.37. The number of ether oxygens (including phenoxy) is 1. The summed E-state index contributed by atoms with van der Waals surface area (Å²) in [6.07, 6.45) is 0. The largest absolute Gasteiger partial charge is 0.497 e. The molecule has 0 radical (unpaired) electrons. The first-order valence-electron chi connectivity index (χ1n) is 10.3. The summed E-state index contributed by atoms with van der Waals surface area (Å²) in [7, 11) is 1.65. The van der Waals surface area contributed by atoms with E-state index in [2.05, 4.69) is 18.7 Å². The molecule has 3 aromatic rings. The molecule has 3 rings (SSSR count). The summed E-state index contributed by atoms with van der Waals surface area (Å²) >= 11 is 9.28. The van der Waals surface area contributed by atoms with Gasteiger partial charge in [0.2, 0.25) is 5.91 Å². The van der Waals surface area contributed by atoms with E-state index in [4.69, 9.17) is 21.3 Å². The van der Waals surface area contributed by atoms with Crippen molar-refractivity contribution >= 4 is 68.4 Å². The van der Waals surface area contributed by atoms with E-state index in [1.807, 2.05) is 48.2 Å². The van der Waals surface area contributed by atoms with E-state index in [1.165, 1.54) is 23.1 Å². The molecule has 9 heteroatoms. The van der Waals surface area contributed by atoms with Gasteiger partial charge in [-0.05, 0) is 62.0 Å². The molecular weight excluding hydrogens is 485 g/mol. The van der Waals surface area contributed by atoms with E-state index in [-0.39, 0.29) is 18.3 Å². The lowest BCUT2D eigenvalue weighted by atomic mass is 10.2. The number of rotatable bonds is 10. The second-order valence-electron chi connectivity index (χ2n) is 7.10. The number of carbonyl (C=O) groups is 1. The number of carbonyl (C=O) groups excluding carboxylic acids is 1. The molecule has 0 atom stereocenters. The second-order valence-corrected chi connectivity index (χ2v) is 9.60. The van der Waals surface area contributed by atoms with Crippen molar-refractivity contribution in [2.45, 2.75) is 25.7 Å². The number of benzene rings is 2. The zero-order valence-electron chi connectivity index (χ0n) is 18.8. The fraction of sp³-hybridized carbons (Fsp3) is 0.391. The quantitative estimate of drug-likeness (QED) is 0.304. The highest BCUT2D eigenvalue weighted by Crippen LogP contribution is 2.33. The van der Waals surface area contributed by atoms with Crippen molar-refractivity contribution in [1.29, 1.82) is 0 Å². The Morgan fingerprint density at radius 3 is 2.47 bits per heavy atom. The van der Waals surface area contributed by atoms with Crippen molar-refractivity contribution in [3.05, 3.63) is 47.0 Å². The lowest BCUT2D eigenvalue weighted by molar-refractivity contribution is -0.116. The van der Waals surface area contributed by atoms with E-state index in [0.29, 0.717) is 17.3 Å². The number of amides is 1. The fourth-order valence-corrected chi connectivity index (χ4v) is 5.50. The zero-order chi connectivity index (χ0) is 22.4. The summed E-state index contributed by atoms with van der Waals surface area (Å²) in [5, 5.41) is 1.42. The van der Waals surface area contributed by atoms with Crippen LogP contribution in [0, 0.1) is 6.92 Å². The lowest BCUT2D eigenvalue weighted by Gasteiger charge is -2.24. The number of hydrogen-bond donors (Lipinski definition) is 0. The molecule has 0 bridgehead atoms. The maximum Gasteiger partial charge on any atom is 0.239 e.